The predicted octanol–water partition coefficient (Wildman–Crippen LogP) is 3.58. The molecular weight excluding hydrogens is 422 g/mol. The first-order valence-corrected chi connectivity index (χ1v) is 11.9. The number of aromatic nitrogens is 3. The highest BCUT2D eigenvalue weighted by atomic mass is 32.1. The molecule has 2 unspecified atom stereocenters. The van der Waals surface area contributed by atoms with Gasteiger partial charge in [-0.25, -0.2) is 4.98 Å². The van der Waals surface area contributed by atoms with Crippen molar-refractivity contribution < 1.29 is 9.59 Å². The van der Waals surface area contributed by atoms with E-state index in [1.165, 1.54) is 11.3 Å². The smallest absolute Gasteiger partial charge is 0.263 e. The molecule has 1 spiro atoms. The van der Waals surface area contributed by atoms with Crippen molar-refractivity contribution in [2.45, 2.75) is 38.8 Å². The van der Waals surface area contributed by atoms with Gasteiger partial charge in [-0.1, -0.05) is 12.1 Å². The molecule has 0 bridgehead atoms. The molecule has 3 aromatic heterocycles. The lowest BCUT2D eigenvalue weighted by Gasteiger charge is -2.27. The molecule has 0 aliphatic carbocycles. The Hall–Kier alpha value is -3.00. The van der Waals surface area contributed by atoms with Crippen LogP contribution in [0.4, 0.5) is 0 Å². The lowest BCUT2D eigenvalue weighted by atomic mass is 9.75. The van der Waals surface area contributed by atoms with Gasteiger partial charge in [0.05, 0.1) is 22.3 Å². The summed E-state index contributed by atoms with van der Waals surface area (Å²) >= 11 is 1.44. The Bertz CT molecular complexity index is 1110. The molecule has 32 heavy (non-hydrogen) atoms. The zero-order valence-electron chi connectivity index (χ0n) is 18.3. The molecule has 2 fully saturated rings. The van der Waals surface area contributed by atoms with Gasteiger partial charge in [0.1, 0.15) is 0 Å². The number of imidazole rings is 1. The van der Waals surface area contributed by atoms with Gasteiger partial charge in [0, 0.05) is 56.7 Å². The molecule has 2 aliphatic heterocycles. The second-order valence-electron chi connectivity index (χ2n) is 9.05. The Labute approximate surface area is 191 Å². The third-order valence-corrected chi connectivity index (χ3v) is 7.63. The van der Waals surface area contributed by atoms with Crippen molar-refractivity contribution in [3.63, 3.8) is 0 Å². The number of amides is 2. The van der Waals surface area contributed by atoms with E-state index in [9.17, 15) is 9.59 Å². The van der Waals surface area contributed by atoms with Crippen LogP contribution in [0.15, 0.2) is 54.6 Å². The first-order valence-electron chi connectivity index (χ1n) is 11.0. The van der Waals surface area contributed by atoms with E-state index in [2.05, 4.69) is 28.4 Å². The molecule has 2 atom stereocenters. The summed E-state index contributed by atoms with van der Waals surface area (Å²) in [6.07, 6.45) is 8.15. The maximum absolute atomic E-state index is 13.8. The summed E-state index contributed by atoms with van der Waals surface area (Å²) in [5.74, 6) is 0.00779. The molecule has 5 heterocycles. The van der Waals surface area contributed by atoms with Crippen LogP contribution in [0.5, 0.6) is 0 Å². The van der Waals surface area contributed by atoms with Crippen molar-refractivity contribution in [3.05, 3.63) is 70.7 Å². The second kappa shape index (κ2) is 8.16. The molecule has 2 aliphatic rings. The predicted molar refractivity (Wildman–Crippen MR) is 122 cm³/mol. The number of nitrogens with zero attached hydrogens (tertiary/aromatic N) is 5. The lowest BCUT2D eigenvalue weighted by molar-refractivity contribution is -0.136. The molecule has 0 saturated carbocycles. The molecule has 8 heteroatoms. The summed E-state index contributed by atoms with van der Waals surface area (Å²) < 4.78 is 2.07. The third-order valence-electron chi connectivity index (χ3n) is 6.77. The summed E-state index contributed by atoms with van der Waals surface area (Å²) in [4.78, 5) is 40.4. The Balaban J connectivity index is 1.47. The van der Waals surface area contributed by atoms with Crippen molar-refractivity contribution in [3.8, 4) is 0 Å². The number of hydrogen-bond donors (Lipinski definition) is 0. The number of pyridine rings is 1. The minimum absolute atomic E-state index is 0.00340. The van der Waals surface area contributed by atoms with Crippen molar-refractivity contribution in [2.75, 3.05) is 19.6 Å². The van der Waals surface area contributed by atoms with Crippen LogP contribution in [-0.2, 0) is 11.3 Å². The fourth-order valence-corrected chi connectivity index (χ4v) is 5.69. The average Bonchev–Trinajstić information content (AvgIpc) is 3.58. The highest BCUT2D eigenvalue weighted by Crippen LogP contribution is 2.50. The van der Waals surface area contributed by atoms with Gasteiger partial charge < -0.3 is 14.4 Å². The highest BCUT2D eigenvalue weighted by molar-refractivity contribution is 7.12. The van der Waals surface area contributed by atoms with Crippen molar-refractivity contribution in [1.29, 1.82) is 0 Å². The first kappa shape index (κ1) is 20.9. The normalized spacial score (nSPS) is 23.1. The maximum Gasteiger partial charge on any atom is 0.263 e. The van der Waals surface area contributed by atoms with Crippen LogP contribution in [0.1, 0.15) is 53.2 Å². The van der Waals surface area contributed by atoms with E-state index in [1.807, 2.05) is 52.0 Å². The number of rotatable bonds is 5. The van der Waals surface area contributed by atoms with Crippen LogP contribution in [0.25, 0.3) is 0 Å². The van der Waals surface area contributed by atoms with Crippen LogP contribution in [0.3, 0.4) is 0 Å². The van der Waals surface area contributed by atoms with Crippen LogP contribution in [0, 0.1) is 5.41 Å². The van der Waals surface area contributed by atoms with Crippen molar-refractivity contribution >= 4 is 23.2 Å². The van der Waals surface area contributed by atoms with Crippen LogP contribution in [-0.4, -0.2) is 55.8 Å². The molecular formula is C24H27N5O2S. The fraction of sp³-hybridized carbons (Fsp3) is 0.417. The summed E-state index contributed by atoms with van der Waals surface area (Å²) in [7, 11) is 0. The Morgan fingerprint density at radius 1 is 1.31 bits per heavy atom. The van der Waals surface area contributed by atoms with E-state index in [4.69, 9.17) is 0 Å². The fourth-order valence-electron chi connectivity index (χ4n) is 5.00. The van der Waals surface area contributed by atoms with Gasteiger partial charge >= 0.3 is 0 Å². The van der Waals surface area contributed by atoms with E-state index < -0.39 is 5.41 Å². The number of carbonyl (C=O) groups is 2. The molecule has 0 radical (unpaired) electrons. The number of thiophene rings is 1. The lowest BCUT2D eigenvalue weighted by Crippen LogP contribution is -2.40. The van der Waals surface area contributed by atoms with Gasteiger partial charge in [0.2, 0.25) is 5.91 Å². The van der Waals surface area contributed by atoms with E-state index in [0.717, 1.165) is 17.7 Å². The molecule has 0 aromatic carbocycles. The first-order chi connectivity index (χ1) is 15.5. The van der Waals surface area contributed by atoms with Crippen molar-refractivity contribution in [2.24, 2.45) is 5.41 Å². The number of hydrogen-bond acceptors (Lipinski definition) is 5. The van der Waals surface area contributed by atoms with Gasteiger partial charge in [-0.2, -0.15) is 0 Å². The van der Waals surface area contributed by atoms with E-state index >= 15 is 0 Å². The molecule has 0 N–H and O–H groups in total. The molecule has 7 nitrogen and oxygen atoms in total. The molecule has 3 aromatic rings. The summed E-state index contributed by atoms with van der Waals surface area (Å²) in [5.41, 5.74) is 1.28. The van der Waals surface area contributed by atoms with Gasteiger partial charge in [0.25, 0.3) is 5.91 Å². The molecule has 2 amide bonds. The number of carbonyl (C=O) groups excluding carboxylic acids is 2. The molecule has 2 saturated heterocycles. The maximum atomic E-state index is 13.8. The summed E-state index contributed by atoms with van der Waals surface area (Å²) in [5, 5.41) is 1.91. The minimum Gasteiger partial charge on any atom is -0.338 e. The van der Waals surface area contributed by atoms with E-state index in [-0.39, 0.29) is 17.7 Å². The zero-order valence-corrected chi connectivity index (χ0v) is 19.2. The van der Waals surface area contributed by atoms with Crippen LogP contribution < -0.4 is 0 Å². The van der Waals surface area contributed by atoms with Gasteiger partial charge in [0.15, 0.2) is 0 Å². The largest absolute Gasteiger partial charge is 0.338 e. The quantitative estimate of drug-likeness (QED) is 0.597. The Morgan fingerprint density at radius 3 is 2.88 bits per heavy atom. The Kier molecular flexibility index (Phi) is 5.33. The van der Waals surface area contributed by atoms with Gasteiger partial charge in [-0.3, -0.25) is 14.6 Å². The topological polar surface area (TPSA) is 71.3 Å². The van der Waals surface area contributed by atoms with E-state index in [1.54, 1.807) is 12.4 Å². The minimum atomic E-state index is -0.634. The van der Waals surface area contributed by atoms with Crippen LogP contribution in [0.2, 0.25) is 0 Å². The standard InChI is InChI=1S/C24H27N5O2S/c1-17(2)29-14-20(26-16-29)19-13-28(22(30)21-6-4-10-32-21)15-24(19)7-9-27(23(24)31)12-18-5-3-8-25-11-18/h3-6,8,10-11,14,16-17,19H,7,9,12-13,15H2,1-2H3. The average molecular weight is 450 g/mol. The van der Waals surface area contributed by atoms with Gasteiger partial charge in [-0.15, -0.1) is 11.3 Å². The molecule has 5 rings (SSSR count). The van der Waals surface area contributed by atoms with E-state index in [0.29, 0.717) is 37.1 Å². The number of likely N-dealkylation sites (tertiary alicyclic amines) is 2. The summed E-state index contributed by atoms with van der Waals surface area (Å²) in [6.45, 7) is 6.39. The SMILES string of the molecule is CC(C)n1cnc(C2CN(C(=O)c3cccs3)CC23CCN(Cc2cccnc2)C3=O)c1. The zero-order chi connectivity index (χ0) is 22.3. The monoisotopic (exact) mass is 449 g/mol. The summed E-state index contributed by atoms with van der Waals surface area (Å²) in [6, 6.07) is 7.92. The third kappa shape index (κ3) is 3.52. The second-order valence-corrected chi connectivity index (χ2v) is 10.00. The van der Waals surface area contributed by atoms with Crippen LogP contribution >= 0.6 is 11.3 Å². The highest BCUT2D eigenvalue weighted by Gasteiger charge is 2.58. The van der Waals surface area contributed by atoms with Gasteiger partial charge in [-0.05, 0) is 43.3 Å². The Morgan fingerprint density at radius 2 is 2.19 bits per heavy atom. The van der Waals surface area contributed by atoms with Crippen molar-refractivity contribution in [1.82, 2.24) is 24.3 Å². The molecule has 166 valence electrons.